The number of aryl methyl sites for hydroxylation is 6. The molecule has 0 aliphatic heterocycles. The Morgan fingerprint density at radius 3 is 0.844 bits per heavy atom. The molecule has 16 aliphatic carbocycles. The van der Waals surface area contributed by atoms with E-state index in [1.165, 1.54) is 69.2 Å². The quantitative estimate of drug-likeness (QED) is 0.0125. The van der Waals surface area contributed by atoms with E-state index < -0.39 is 120 Å². The van der Waals surface area contributed by atoms with E-state index >= 15 is 0 Å². The number of alkyl halides is 4. The van der Waals surface area contributed by atoms with E-state index in [9.17, 15) is 52.1 Å². The number of benzene rings is 6. The Labute approximate surface area is 824 Å². The fraction of sp³-hybridized carbons (Fsp3) is 0.583. The molecule has 135 heavy (non-hydrogen) atoms. The molecular formula is C96H120B20F4O13S2+2. The molecular weight excluding hydrogens is 1720 g/mol. The number of aliphatic carboxylic acids is 1. The largest absolute Gasteiger partial charge is 0.477 e. The zero-order valence-corrected chi connectivity index (χ0v) is 82.0. The Balaban J connectivity index is 0.000000143. The Morgan fingerprint density at radius 1 is 0.356 bits per heavy atom. The summed E-state index contributed by atoms with van der Waals surface area (Å²) in [6, 6.07) is 53.6. The van der Waals surface area contributed by atoms with Gasteiger partial charge >= 0.3 is 35.7 Å². The molecule has 4 N–H and O–H groups in total. The van der Waals surface area contributed by atoms with Crippen molar-refractivity contribution >= 4 is 188 Å². The molecule has 8 atom stereocenters. The lowest BCUT2D eigenvalue weighted by atomic mass is 8.39. The van der Waals surface area contributed by atoms with Crippen molar-refractivity contribution < 1.29 is 80.9 Å². The van der Waals surface area contributed by atoms with Crippen LogP contribution in [-0.4, -0.2) is 257 Å². The third-order valence-corrected chi connectivity index (χ3v) is 36.4. The minimum Gasteiger partial charge on any atom is -0.477 e. The van der Waals surface area contributed by atoms with Gasteiger partial charge in [-0.3, -0.25) is 0 Å². The normalized spacial score (nSPS) is 30.5. The molecule has 8 unspecified atom stereocenters. The van der Waals surface area contributed by atoms with E-state index in [4.69, 9.17) is 114 Å². The second-order valence-electron chi connectivity index (χ2n) is 43.1. The lowest BCUT2D eigenvalue weighted by Gasteiger charge is -2.64. The number of carboxylic acids is 1. The maximum atomic E-state index is 13.7. The summed E-state index contributed by atoms with van der Waals surface area (Å²) < 4.78 is 80.3. The number of esters is 3. The van der Waals surface area contributed by atoms with Gasteiger partial charge in [0.25, 0.3) is 0 Å². The molecule has 16 saturated carbocycles. The average Bonchev–Trinajstić information content (AvgIpc) is 0.708. The number of hydrogen-bond donors (Lipinski definition) is 4. The van der Waals surface area contributed by atoms with Crippen molar-refractivity contribution in [3.05, 3.63) is 179 Å². The highest BCUT2D eigenvalue weighted by atomic mass is 32.2. The fourth-order valence-electron chi connectivity index (χ4n) is 26.9. The molecule has 6 aromatic carbocycles. The SMILES string of the molecule is CC(F)(F)C(=O)O.CCC1(O)C2CC3CC1CC(OCC(=O)OC14CC5CC(CC(O)(C5)C1)C4)(C3)C2.CCC1(OC(=O)C(C)(F)F)C2CC3CC1CC(OCC(=O)OC14CC5CC(CC(O)(C5)C1)C4)(C3)C2.Cc1ccc([S+](c2ccc(C)cc2)c2ccc(C)cc2)cc1.Cc1ccc([S+](c2ccc(C)cc2)c2ccc(C)cc2)cc1.[B]B([B])B([B])B(B(B([B])[B])B([B])[B])B(B([B])[B])B([B])[B]. The Kier molecular flexibility index (Phi) is 34.2. The molecule has 680 valence electrons. The van der Waals surface area contributed by atoms with E-state index in [-0.39, 0.29) is 64.4 Å². The fourth-order valence-corrected chi connectivity index (χ4v) is 31.0. The van der Waals surface area contributed by atoms with Gasteiger partial charge in [0.15, 0.2) is 29.4 Å². The van der Waals surface area contributed by atoms with Gasteiger partial charge in [-0.25, -0.2) is 19.2 Å². The van der Waals surface area contributed by atoms with Crippen LogP contribution in [0.25, 0.3) is 0 Å². The summed E-state index contributed by atoms with van der Waals surface area (Å²) in [4.78, 5) is 55.5. The highest BCUT2D eigenvalue weighted by Crippen LogP contribution is 2.66. The molecule has 6 aromatic rings. The number of rotatable bonds is 27. The third-order valence-electron chi connectivity index (χ3n) is 31.9. The summed E-state index contributed by atoms with van der Waals surface area (Å²) >= 11 is 0. The number of aliphatic hydroxyl groups is 3. The molecule has 39 heteroatoms. The van der Waals surface area contributed by atoms with Gasteiger partial charge in [0.2, 0.25) is 0 Å². The van der Waals surface area contributed by atoms with Crippen LogP contribution < -0.4 is 0 Å². The van der Waals surface area contributed by atoms with Gasteiger partial charge in [0, 0.05) is 181 Å². The molecule has 0 aromatic heterocycles. The van der Waals surface area contributed by atoms with E-state index in [1.54, 1.807) is 0 Å². The summed E-state index contributed by atoms with van der Waals surface area (Å²) in [5.41, 5.74) is 3.37. The number of carboxylic acid groups (broad SMARTS) is 1. The van der Waals surface area contributed by atoms with Crippen molar-refractivity contribution in [1.29, 1.82) is 0 Å². The van der Waals surface area contributed by atoms with Crippen molar-refractivity contribution in [3.63, 3.8) is 0 Å². The van der Waals surface area contributed by atoms with Gasteiger partial charge in [0.05, 0.1) is 49.8 Å². The molecule has 16 bridgehead atoms. The molecule has 16 fully saturated rings. The molecule has 22 radical (unpaired) electrons. The number of carbonyl (C=O) groups excluding carboxylic acids is 3. The molecule has 22 rings (SSSR count). The van der Waals surface area contributed by atoms with E-state index in [2.05, 4.69) is 194 Å². The number of ether oxygens (including phenoxy) is 5. The third kappa shape index (κ3) is 25.3. The summed E-state index contributed by atoms with van der Waals surface area (Å²) in [7, 11) is 63.1. The monoisotopic (exact) mass is 1840 g/mol. The van der Waals surface area contributed by atoms with Gasteiger partial charge in [0.1, 0.15) is 30.0 Å². The van der Waals surface area contributed by atoms with Crippen molar-refractivity contribution in [2.75, 3.05) is 13.2 Å². The average molecular weight is 1840 g/mol. The lowest BCUT2D eigenvalue weighted by Crippen LogP contribution is -2.80. The minimum absolute atomic E-state index is 0.0201. The summed E-state index contributed by atoms with van der Waals surface area (Å²) in [6.45, 7) is 17.7. The molecule has 16 aliphatic rings. The number of hydrogen-bond acceptors (Lipinski definition) is 12. The van der Waals surface area contributed by atoms with Crippen LogP contribution in [0.15, 0.2) is 175 Å². The first-order valence-corrected chi connectivity index (χ1v) is 51.1. The predicted molar refractivity (Wildman–Crippen MR) is 551 cm³/mol. The maximum absolute atomic E-state index is 13.7. The first-order chi connectivity index (χ1) is 63.3. The summed E-state index contributed by atoms with van der Waals surface area (Å²) in [6.07, 6.45) is 13.3. The second-order valence-corrected chi connectivity index (χ2v) is 47.2. The summed E-state index contributed by atoms with van der Waals surface area (Å²) in [5.74, 6) is -7.83. The lowest BCUT2D eigenvalue weighted by molar-refractivity contribution is -0.264. The van der Waals surface area contributed by atoms with Gasteiger partial charge in [-0.15, -0.1) is 0 Å². The standard InChI is InChI=1S/C27H38F2O6.C24H36O5.2C21H21S.C3H4F2O2.B20/c1-3-27(35-22(31)23(2,28)29)19-5-16-6-20(27)13-25(9-16,12-19)33-14-21(30)34-26-10-17-4-18(11-26)8-24(32,7-17)15-26;1-2-24(27)18-4-15-5-19(24)12-22(8-15,11-18)28-13-20(25)29-23-9-16-3-17(10-23)7-21(26,6-16)14-23;2*1-16-4-10-19(11-5-16)22(20-12-6-17(2)7-13-20)21-14-8-18(3)9-15-21;1-3(4,5)2(6)7;1-12(2)17(11)20(18(13(3)4)14(5)6)19(15(7)8)16(9)10/h16-20,32H,3-15H2,1-2H3;15-19,26-27H,2-14H2,1H3;2*4-15H,1-3H3;1H3,(H,6,7);/q;;2*+1;;. The van der Waals surface area contributed by atoms with Crippen LogP contribution in [0.5, 0.6) is 0 Å². The van der Waals surface area contributed by atoms with Crippen molar-refractivity contribution in [2.45, 2.75) is 309 Å². The predicted octanol–water partition coefficient (Wildman–Crippen LogP) is 12.4. The van der Waals surface area contributed by atoms with Crippen molar-refractivity contribution in [1.82, 2.24) is 0 Å². The van der Waals surface area contributed by atoms with E-state index in [0.29, 0.717) is 93.3 Å². The van der Waals surface area contributed by atoms with Crippen LogP contribution in [0, 0.1) is 101 Å². The molecule has 0 heterocycles. The van der Waals surface area contributed by atoms with Crippen LogP contribution in [0.3, 0.4) is 0 Å². The Morgan fingerprint density at radius 2 is 0.615 bits per heavy atom. The molecule has 0 saturated heterocycles. The highest BCUT2D eigenvalue weighted by molar-refractivity contribution is 8.19. The Bertz CT molecular complexity index is 4570. The van der Waals surface area contributed by atoms with Crippen LogP contribution in [0.2, 0.25) is 0 Å². The minimum atomic E-state index is -3.58. The van der Waals surface area contributed by atoms with Crippen molar-refractivity contribution in [3.8, 4) is 0 Å². The zero-order valence-electron chi connectivity index (χ0n) is 80.4. The topological polar surface area (TPSA) is 195 Å². The zero-order chi connectivity index (χ0) is 98.3. The van der Waals surface area contributed by atoms with Crippen molar-refractivity contribution in [2.24, 2.45) is 59.2 Å². The maximum Gasteiger partial charge on any atom is 0.377 e. The molecule has 0 spiro atoms. The Hall–Kier alpha value is -5.28. The number of halogens is 4. The van der Waals surface area contributed by atoms with Gasteiger partial charge in [-0.2, -0.15) is 17.6 Å². The van der Waals surface area contributed by atoms with Crippen LogP contribution in [0.1, 0.15) is 215 Å². The first-order valence-electron chi connectivity index (χ1n) is 48.6. The van der Waals surface area contributed by atoms with Crippen LogP contribution in [-0.2, 0) is 64.7 Å². The summed E-state index contributed by atoms with van der Waals surface area (Å²) in [5, 5.41) is 40.5. The van der Waals surface area contributed by atoms with Gasteiger partial charge < -0.3 is 44.1 Å². The van der Waals surface area contributed by atoms with E-state index in [1.807, 2.05) is 6.92 Å². The van der Waals surface area contributed by atoms with Crippen LogP contribution >= 0.6 is 0 Å². The van der Waals surface area contributed by atoms with E-state index in [0.717, 1.165) is 116 Å². The molecule has 0 amide bonds. The highest BCUT2D eigenvalue weighted by Gasteiger charge is 2.67. The second kappa shape index (κ2) is 43.1. The van der Waals surface area contributed by atoms with Gasteiger partial charge in [-0.05, 0) is 303 Å². The smallest absolute Gasteiger partial charge is 0.377 e. The van der Waals surface area contributed by atoms with Gasteiger partial charge in [-0.1, -0.05) is 120 Å². The first kappa shape index (κ1) is 107. The molecule has 13 nitrogen and oxygen atoms in total. The number of carbonyl (C=O) groups is 4. The van der Waals surface area contributed by atoms with Crippen LogP contribution in [0.4, 0.5) is 17.6 Å².